The number of nitrogens with zero attached hydrogens (tertiary/aromatic N) is 8. The first-order valence-corrected chi connectivity index (χ1v) is 40.0. The van der Waals surface area contributed by atoms with Gasteiger partial charge >= 0.3 is 0 Å². The van der Waals surface area contributed by atoms with Crippen LogP contribution < -0.4 is 14.2 Å². The summed E-state index contributed by atoms with van der Waals surface area (Å²) in [5, 5.41) is 5.98. The predicted molar refractivity (Wildman–Crippen MR) is 447 cm³/mol. The summed E-state index contributed by atoms with van der Waals surface area (Å²) in [6, 6.07) is 55.6. The second-order valence-electron chi connectivity index (χ2n) is 29.5. The first-order valence-electron chi connectivity index (χ1n) is 38.9. The van der Waals surface area contributed by atoms with Crippen LogP contribution in [-0.4, -0.2) is 150 Å². The van der Waals surface area contributed by atoms with Gasteiger partial charge < -0.3 is 43.9 Å². The molecule has 0 unspecified atom stereocenters. The number of aromatic nitrogens is 8. The van der Waals surface area contributed by atoms with Crippen molar-refractivity contribution in [3.63, 3.8) is 0 Å². The number of aromatic amines is 3. The quantitative estimate of drug-likeness (QED) is 0.0656. The highest BCUT2D eigenvalue weighted by molar-refractivity contribution is 9.10. The smallest absolute Gasteiger partial charge is 0.295 e. The van der Waals surface area contributed by atoms with Crippen LogP contribution in [0, 0.1) is 0 Å². The largest absolute Gasteiger partial charge is 0.496 e. The number of carbonyl (C=O) groups is 6. The van der Waals surface area contributed by atoms with Crippen LogP contribution in [-0.2, 0) is 52.9 Å². The second-order valence-corrected chi connectivity index (χ2v) is 30.7. The van der Waals surface area contributed by atoms with Crippen LogP contribution in [0.3, 0.4) is 0 Å². The van der Waals surface area contributed by atoms with E-state index in [0.29, 0.717) is 108 Å². The first-order chi connectivity index (χ1) is 56.3. The Morgan fingerprint density at radius 3 is 1.03 bits per heavy atom. The average Bonchev–Trinajstić information content (AvgIpc) is 1.67. The molecule has 0 atom stereocenters. The number of methoxy groups -OCH3 is 3. The van der Waals surface area contributed by atoms with Gasteiger partial charge in [0.1, 0.15) is 29.9 Å². The lowest BCUT2D eigenvalue weighted by atomic mass is 9.86. The molecule has 0 bridgehead atoms. The van der Waals surface area contributed by atoms with Gasteiger partial charge in [0.25, 0.3) is 35.1 Å². The zero-order chi connectivity index (χ0) is 79.0. The average molecular weight is 1610 g/mol. The number of fused-ring (bicyclic) bond motifs is 9. The highest BCUT2D eigenvalue weighted by Gasteiger charge is 2.36. The minimum atomic E-state index is -0.577. The van der Waals surface area contributed by atoms with Crippen molar-refractivity contribution in [1.29, 1.82) is 0 Å². The molecule has 0 saturated carbocycles. The van der Waals surface area contributed by atoms with Crippen molar-refractivity contribution < 1.29 is 43.0 Å². The van der Waals surface area contributed by atoms with Crippen molar-refractivity contribution in [3.05, 3.63) is 311 Å². The van der Waals surface area contributed by atoms with E-state index < -0.39 is 35.1 Å². The van der Waals surface area contributed by atoms with Gasteiger partial charge in [-0.3, -0.25) is 28.8 Å². The molecule has 3 aliphatic carbocycles. The zero-order valence-electron chi connectivity index (χ0n) is 63.8. The molecule has 6 aliphatic rings. The molecule has 20 nitrogen and oxygen atoms in total. The molecule has 3 fully saturated rings. The van der Waals surface area contributed by atoms with Crippen molar-refractivity contribution in [2.45, 2.75) is 77.0 Å². The maximum atomic E-state index is 13.6. The third-order valence-electron chi connectivity index (χ3n) is 23.4. The summed E-state index contributed by atoms with van der Waals surface area (Å²) in [6.45, 7) is 3.01. The van der Waals surface area contributed by atoms with Crippen LogP contribution in [0.15, 0.2) is 223 Å². The van der Waals surface area contributed by atoms with Gasteiger partial charge in [0.15, 0.2) is 11.0 Å². The number of hydrogen-bond acceptors (Lipinski definition) is 13. The fraction of sp³-hybridized carbons (Fsp3) is 0.226. The topological polar surface area (TPSA) is 244 Å². The minimum absolute atomic E-state index is 0.223. The van der Waals surface area contributed by atoms with Crippen molar-refractivity contribution in [3.8, 4) is 23.1 Å². The van der Waals surface area contributed by atoms with Crippen LogP contribution in [0.1, 0.15) is 136 Å². The number of hydrogen-bond donors (Lipinski definition) is 3. The number of benzene rings is 7. The Bertz CT molecular complexity index is 5770. The Balaban J connectivity index is 0.000000125. The Labute approximate surface area is 677 Å². The van der Waals surface area contributed by atoms with Crippen molar-refractivity contribution in [2.24, 2.45) is 0 Å². The highest BCUT2D eigenvalue weighted by atomic mass is 79.9. The molecule has 3 aliphatic heterocycles. The molecular formula is C93H81BrClN11O9. The number of piperidine rings is 3. The molecule has 22 heteroatoms. The van der Waals surface area contributed by atoms with Gasteiger partial charge in [0.05, 0.1) is 83.1 Å². The minimum Gasteiger partial charge on any atom is -0.496 e. The number of nitrogens with one attached hydrogen (secondary N) is 3. The number of carbonyl (C=O) groups excluding carboxylic acids is 6. The third kappa shape index (κ3) is 14.2. The Kier molecular flexibility index (Phi) is 21.2. The van der Waals surface area contributed by atoms with Gasteiger partial charge in [-0.25, -0.2) is 19.6 Å². The number of amides is 3. The summed E-state index contributed by atoms with van der Waals surface area (Å²) < 4.78 is 18.7. The maximum Gasteiger partial charge on any atom is 0.295 e. The lowest BCUT2D eigenvalue weighted by Crippen LogP contribution is -2.40. The summed E-state index contributed by atoms with van der Waals surface area (Å²) in [7, 11) is 4.57. The van der Waals surface area contributed by atoms with Crippen LogP contribution in [0.5, 0.6) is 17.2 Å². The molecular weight excluding hydrogens is 1530 g/mol. The SMILES string of the molecule is COc1ccc(Br)c2[nH]cc(C(=O)C(=O)N3CCC(=C4c5ccccc5CCc5ccccc54)CC3)c12.COc1cnc(-n2cncn2)c2[nH]cc(C(=O)C(=O)N3CCC(=C4c5ccccc5CCc5ccccc54)CC3)c12.COc1cnc(Cl)c2[nH]cc(C(=O)C(=O)N3CCC(=C4c5ccccc5CCc5ccccc54)CC3)c12. The normalized spacial score (nSPS) is 15.1. The molecule has 3 saturated heterocycles. The first kappa shape index (κ1) is 75.1. The molecule has 0 radical (unpaired) electrons. The van der Waals surface area contributed by atoms with E-state index in [4.69, 9.17) is 25.8 Å². The number of aryl methyl sites for hydroxylation is 6. The Morgan fingerprint density at radius 2 is 0.696 bits per heavy atom. The van der Waals surface area contributed by atoms with Gasteiger partial charge in [0.2, 0.25) is 0 Å². The number of ketones is 3. The van der Waals surface area contributed by atoms with Gasteiger partial charge in [0, 0.05) is 62.3 Å². The number of ether oxygens (including phenoxy) is 3. The lowest BCUT2D eigenvalue weighted by Gasteiger charge is -2.30. The molecule has 3 amide bonds. The number of Topliss-reactive ketones (excluding diaryl/α,β-unsaturated/α-hetero) is 3. The van der Waals surface area contributed by atoms with E-state index in [-0.39, 0.29) is 16.3 Å². The number of rotatable bonds is 10. The Hall–Kier alpha value is -12.6. The summed E-state index contributed by atoms with van der Waals surface area (Å²) in [5.41, 5.74) is 26.4. The molecule has 3 N–H and O–H groups in total. The molecule has 115 heavy (non-hydrogen) atoms. The van der Waals surface area contributed by atoms with Gasteiger partial charge in [-0.1, -0.05) is 174 Å². The maximum absolute atomic E-state index is 13.6. The van der Waals surface area contributed by atoms with E-state index >= 15 is 0 Å². The summed E-state index contributed by atoms with van der Waals surface area (Å²) >= 11 is 9.71. The summed E-state index contributed by atoms with van der Waals surface area (Å²) in [4.78, 5) is 107. The molecule has 13 aromatic rings. The standard InChI is InChI=1S/C32H28N6O3.C31H27BrN2O3.C30H26ClN3O3/c1-41-26-17-35-31(38-19-33-18-36-38)29-28(26)25(16-34-29)30(39)32(40)37-14-12-22(13-15-37)27-23-8-4-2-6-20(23)10-11-21-7-3-5-9-24(21)27;1-37-26-13-12-25(32)29-28(26)24(18-33-29)30(35)31(36)34-16-14-21(15-17-34)27-22-8-4-2-6-19(22)10-11-20-7-3-5-9-23(20)27;1-37-24-17-33-29(31)27-26(24)23(16-32-27)28(35)30(36)34-14-12-20(13-15-34)25-21-8-4-2-6-18(21)10-11-19-7-3-5-9-22(19)25/h2-9,16-19,34H,10-15H2,1H3;2-9,12-13,18,33H,10-11,14-17H2,1H3;2-9,16-17,32H,10-15H2,1H3. The van der Waals surface area contributed by atoms with Crippen LogP contribution in [0.4, 0.5) is 0 Å². The molecule has 0 spiro atoms. The van der Waals surface area contributed by atoms with Crippen molar-refractivity contribution >= 4 is 112 Å². The second kappa shape index (κ2) is 32.5. The molecule has 6 aromatic heterocycles. The Morgan fingerprint density at radius 1 is 0.383 bits per heavy atom. The predicted octanol–water partition coefficient (Wildman–Crippen LogP) is 16.5. The monoisotopic (exact) mass is 1610 g/mol. The van der Waals surface area contributed by atoms with E-state index in [1.54, 1.807) is 40.3 Å². The molecule has 19 rings (SSSR count). The van der Waals surface area contributed by atoms with Gasteiger partial charge in [-0.2, -0.15) is 5.10 Å². The van der Waals surface area contributed by atoms with E-state index in [1.807, 2.05) is 6.07 Å². The fourth-order valence-corrected chi connectivity index (χ4v) is 18.3. The van der Waals surface area contributed by atoms with E-state index in [2.05, 4.69) is 197 Å². The van der Waals surface area contributed by atoms with Crippen LogP contribution in [0.25, 0.3) is 55.2 Å². The number of pyridine rings is 2. The third-order valence-corrected chi connectivity index (χ3v) is 24.3. The summed E-state index contributed by atoms with van der Waals surface area (Å²) in [6.07, 6.45) is 21.0. The number of halogens is 2. The fourth-order valence-electron chi connectivity index (χ4n) is 17.6. The van der Waals surface area contributed by atoms with Crippen molar-refractivity contribution in [2.75, 3.05) is 60.6 Å². The van der Waals surface area contributed by atoms with Gasteiger partial charge in [-0.05, 0) is 189 Å². The highest BCUT2D eigenvalue weighted by Crippen LogP contribution is 2.44. The molecule has 576 valence electrons. The molecule has 7 aromatic carbocycles. The number of likely N-dealkylation sites (tertiary alicyclic amines) is 3. The number of H-pyrrole nitrogens is 3. The summed E-state index contributed by atoms with van der Waals surface area (Å²) in [5.74, 6) is -1.34. The van der Waals surface area contributed by atoms with Crippen LogP contribution in [0.2, 0.25) is 5.15 Å². The van der Waals surface area contributed by atoms with E-state index in [9.17, 15) is 28.8 Å². The van der Waals surface area contributed by atoms with E-state index in [1.165, 1.54) is 150 Å². The molecule has 9 heterocycles. The zero-order valence-corrected chi connectivity index (χ0v) is 66.1. The lowest BCUT2D eigenvalue weighted by molar-refractivity contribution is -0.127. The van der Waals surface area contributed by atoms with E-state index in [0.717, 1.165) is 74.2 Å². The van der Waals surface area contributed by atoms with Crippen LogP contribution >= 0.6 is 27.5 Å². The van der Waals surface area contributed by atoms with Gasteiger partial charge in [-0.15, -0.1) is 0 Å². The van der Waals surface area contributed by atoms with Crippen molar-refractivity contribution in [1.82, 2.24) is 54.4 Å².